The van der Waals surface area contributed by atoms with E-state index in [0.29, 0.717) is 12.6 Å². The summed E-state index contributed by atoms with van der Waals surface area (Å²) in [4.78, 5) is 17.0. The van der Waals surface area contributed by atoms with Crippen molar-refractivity contribution in [3.63, 3.8) is 0 Å². The van der Waals surface area contributed by atoms with Gasteiger partial charge in [-0.1, -0.05) is 37.3 Å². The summed E-state index contributed by atoms with van der Waals surface area (Å²) >= 11 is 0. The van der Waals surface area contributed by atoms with Crippen LogP contribution in [0.5, 0.6) is 0 Å². The van der Waals surface area contributed by atoms with Crippen LogP contribution in [-0.4, -0.2) is 54.5 Å². The maximum Gasteiger partial charge on any atom is 0.234 e. The molecule has 0 aliphatic carbocycles. The quantitative estimate of drug-likeness (QED) is 0.904. The molecule has 0 spiro atoms. The van der Waals surface area contributed by atoms with E-state index in [0.717, 1.165) is 45.1 Å². The van der Waals surface area contributed by atoms with Crippen LogP contribution in [0.3, 0.4) is 0 Å². The number of rotatable bonds is 5. The molecule has 1 amide bonds. The molecule has 2 saturated heterocycles. The maximum atomic E-state index is 12.2. The normalized spacial score (nSPS) is 24.0. The van der Waals surface area contributed by atoms with Gasteiger partial charge in [0, 0.05) is 25.7 Å². The highest BCUT2D eigenvalue weighted by atomic mass is 16.2. The van der Waals surface area contributed by atoms with Gasteiger partial charge in [-0.25, -0.2) is 0 Å². The van der Waals surface area contributed by atoms with Gasteiger partial charge in [-0.2, -0.15) is 0 Å². The molecule has 1 aromatic carbocycles. The van der Waals surface area contributed by atoms with Gasteiger partial charge >= 0.3 is 0 Å². The molecule has 23 heavy (non-hydrogen) atoms. The van der Waals surface area contributed by atoms with E-state index in [4.69, 9.17) is 0 Å². The van der Waals surface area contributed by atoms with Crippen molar-refractivity contribution in [2.75, 3.05) is 32.7 Å². The van der Waals surface area contributed by atoms with Gasteiger partial charge in [0.1, 0.15) is 0 Å². The Morgan fingerprint density at radius 3 is 2.52 bits per heavy atom. The van der Waals surface area contributed by atoms with Gasteiger partial charge in [-0.05, 0) is 43.8 Å². The summed E-state index contributed by atoms with van der Waals surface area (Å²) < 4.78 is 0. The van der Waals surface area contributed by atoms with Crippen LogP contribution < -0.4 is 5.32 Å². The van der Waals surface area contributed by atoms with Gasteiger partial charge in [0.2, 0.25) is 5.91 Å². The number of carbonyl (C=O) groups excluding carboxylic acids is 1. The molecule has 126 valence electrons. The van der Waals surface area contributed by atoms with Crippen LogP contribution in [0, 0.1) is 5.92 Å². The summed E-state index contributed by atoms with van der Waals surface area (Å²) in [5.41, 5.74) is 1.35. The first kappa shape index (κ1) is 16.5. The number of nitrogens with zero attached hydrogens (tertiary/aromatic N) is 2. The van der Waals surface area contributed by atoms with E-state index in [1.165, 1.54) is 18.4 Å². The number of carbonyl (C=O) groups is 1. The first-order valence-electron chi connectivity index (χ1n) is 8.97. The third-order valence-corrected chi connectivity index (χ3v) is 5.13. The Morgan fingerprint density at radius 1 is 1.09 bits per heavy atom. The lowest BCUT2D eigenvalue weighted by Gasteiger charge is -2.29. The highest BCUT2D eigenvalue weighted by Gasteiger charge is 2.25. The Morgan fingerprint density at radius 2 is 1.78 bits per heavy atom. The largest absolute Gasteiger partial charge is 0.351 e. The highest BCUT2D eigenvalue weighted by Crippen LogP contribution is 2.16. The molecule has 4 nitrogen and oxygen atoms in total. The lowest BCUT2D eigenvalue weighted by Crippen LogP contribution is -2.45. The van der Waals surface area contributed by atoms with Crippen LogP contribution in [0.1, 0.15) is 31.7 Å². The third kappa shape index (κ3) is 5.05. The average Bonchev–Trinajstić information content (AvgIpc) is 2.97. The summed E-state index contributed by atoms with van der Waals surface area (Å²) in [7, 11) is 0. The van der Waals surface area contributed by atoms with Crippen molar-refractivity contribution in [1.82, 2.24) is 15.1 Å². The second kappa shape index (κ2) is 7.93. The van der Waals surface area contributed by atoms with Crippen molar-refractivity contribution < 1.29 is 4.79 Å². The van der Waals surface area contributed by atoms with Gasteiger partial charge in [0.05, 0.1) is 6.54 Å². The van der Waals surface area contributed by atoms with Crippen LogP contribution in [-0.2, 0) is 11.3 Å². The molecule has 4 heteroatoms. The Kier molecular flexibility index (Phi) is 5.68. The zero-order valence-electron chi connectivity index (χ0n) is 14.2. The predicted molar refractivity (Wildman–Crippen MR) is 93.1 cm³/mol. The van der Waals surface area contributed by atoms with E-state index in [-0.39, 0.29) is 5.91 Å². The van der Waals surface area contributed by atoms with Crippen LogP contribution in [0.25, 0.3) is 0 Å². The summed E-state index contributed by atoms with van der Waals surface area (Å²) in [5, 5.41) is 3.23. The standard InChI is InChI=1S/C19H29N3O/c1-16-7-10-21(11-8-16)15-19(23)20-18-9-12-22(14-18)13-17-5-3-2-4-6-17/h2-6,16,18H,7-15H2,1H3,(H,20,23)/t18-/m0/s1. The SMILES string of the molecule is CC1CCN(CC(=O)N[C@H]2CCN(Cc3ccccc3)C2)CC1. The van der Waals surface area contributed by atoms with Crippen molar-refractivity contribution in [1.29, 1.82) is 0 Å². The fourth-order valence-corrected chi connectivity index (χ4v) is 3.63. The van der Waals surface area contributed by atoms with Gasteiger partial charge < -0.3 is 5.32 Å². The highest BCUT2D eigenvalue weighted by molar-refractivity contribution is 5.78. The molecule has 0 saturated carbocycles. The number of amides is 1. The van der Waals surface area contributed by atoms with Gasteiger partial charge in [0.15, 0.2) is 0 Å². The minimum Gasteiger partial charge on any atom is -0.351 e. The second-order valence-electron chi connectivity index (χ2n) is 7.23. The van der Waals surface area contributed by atoms with Crippen molar-refractivity contribution in [3.8, 4) is 0 Å². The Balaban J connectivity index is 1.38. The van der Waals surface area contributed by atoms with E-state index in [9.17, 15) is 4.79 Å². The molecule has 2 fully saturated rings. The minimum atomic E-state index is 0.200. The summed E-state index contributed by atoms with van der Waals surface area (Å²) in [6, 6.07) is 10.9. The zero-order valence-corrected chi connectivity index (χ0v) is 14.2. The van der Waals surface area contributed by atoms with Crippen LogP contribution in [0.2, 0.25) is 0 Å². The number of piperidine rings is 1. The first-order chi connectivity index (χ1) is 11.2. The average molecular weight is 315 g/mol. The molecule has 1 aromatic rings. The predicted octanol–water partition coefficient (Wildman–Crippen LogP) is 2.11. The molecule has 0 unspecified atom stereocenters. The van der Waals surface area contributed by atoms with Crippen molar-refractivity contribution in [2.24, 2.45) is 5.92 Å². The molecule has 3 rings (SSSR count). The van der Waals surface area contributed by atoms with Crippen LogP contribution in [0.15, 0.2) is 30.3 Å². The molecule has 0 aromatic heterocycles. The molecule has 1 atom stereocenters. The van der Waals surface area contributed by atoms with E-state index in [1.807, 2.05) is 0 Å². The maximum absolute atomic E-state index is 12.2. The summed E-state index contributed by atoms with van der Waals surface area (Å²) in [6.07, 6.45) is 3.51. The lowest BCUT2D eigenvalue weighted by atomic mass is 9.99. The number of likely N-dealkylation sites (tertiary alicyclic amines) is 2. The molecule has 2 aliphatic heterocycles. The Hall–Kier alpha value is -1.39. The number of hydrogen-bond donors (Lipinski definition) is 1. The number of benzene rings is 1. The minimum absolute atomic E-state index is 0.200. The molecule has 1 N–H and O–H groups in total. The zero-order chi connectivity index (χ0) is 16.1. The van der Waals surface area contributed by atoms with E-state index < -0.39 is 0 Å². The van der Waals surface area contributed by atoms with Crippen LogP contribution >= 0.6 is 0 Å². The van der Waals surface area contributed by atoms with Crippen LogP contribution in [0.4, 0.5) is 0 Å². The van der Waals surface area contributed by atoms with E-state index >= 15 is 0 Å². The van der Waals surface area contributed by atoms with E-state index in [2.05, 4.69) is 52.4 Å². The lowest BCUT2D eigenvalue weighted by molar-refractivity contribution is -0.123. The Bertz CT molecular complexity index is 497. The molecule has 2 aliphatic rings. The topological polar surface area (TPSA) is 35.6 Å². The first-order valence-corrected chi connectivity index (χ1v) is 8.97. The smallest absolute Gasteiger partial charge is 0.234 e. The van der Waals surface area contributed by atoms with Gasteiger partial charge in [-0.15, -0.1) is 0 Å². The van der Waals surface area contributed by atoms with E-state index in [1.54, 1.807) is 0 Å². The van der Waals surface area contributed by atoms with Gasteiger partial charge in [0.25, 0.3) is 0 Å². The van der Waals surface area contributed by atoms with Crippen molar-refractivity contribution >= 4 is 5.91 Å². The second-order valence-corrected chi connectivity index (χ2v) is 7.23. The summed E-state index contributed by atoms with van der Waals surface area (Å²) in [5.74, 6) is 1.02. The number of hydrogen-bond acceptors (Lipinski definition) is 3. The van der Waals surface area contributed by atoms with Gasteiger partial charge in [-0.3, -0.25) is 14.6 Å². The summed E-state index contributed by atoms with van der Waals surface area (Å²) in [6.45, 7) is 8.04. The molecular weight excluding hydrogens is 286 g/mol. The Labute approximate surface area is 139 Å². The fourth-order valence-electron chi connectivity index (χ4n) is 3.63. The van der Waals surface area contributed by atoms with Crippen molar-refractivity contribution in [3.05, 3.63) is 35.9 Å². The van der Waals surface area contributed by atoms with Crippen molar-refractivity contribution in [2.45, 2.75) is 38.8 Å². The molecule has 0 radical (unpaired) electrons. The molecule has 2 heterocycles. The monoisotopic (exact) mass is 315 g/mol. The number of nitrogens with one attached hydrogen (secondary N) is 1. The third-order valence-electron chi connectivity index (χ3n) is 5.13. The molecule has 0 bridgehead atoms. The fraction of sp³-hybridized carbons (Fsp3) is 0.632. The molecular formula is C19H29N3O.